The van der Waals surface area contributed by atoms with Gasteiger partial charge in [-0.15, -0.1) is 21.5 Å². The first-order chi connectivity index (χ1) is 9.85. The van der Waals surface area contributed by atoms with Crippen molar-refractivity contribution in [2.45, 2.75) is 29.4 Å². The number of thiazole rings is 1. The number of aromatic nitrogens is 5. The van der Waals surface area contributed by atoms with Crippen LogP contribution in [-0.4, -0.2) is 25.2 Å². The highest BCUT2D eigenvalue weighted by Gasteiger charge is 2.09. The summed E-state index contributed by atoms with van der Waals surface area (Å²) in [5.41, 5.74) is 2.11. The lowest BCUT2D eigenvalue weighted by atomic mass is 10.2. The second-order valence-electron chi connectivity index (χ2n) is 4.13. The molecule has 0 saturated heterocycles. The van der Waals surface area contributed by atoms with Crippen LogP contribution in [-0.2, 0) is 6.54 Å². The summed E-state index contributed by atoms with van der Waals surface area (Å²) in [4.78, 5) is 6.21. The van der Waals surface area contributed by atoms with Gasteiger partial charge in [0.05, 0.1) is 12.2 Å². The van der Waals surface area contributed by atoms with Gasteiger partial charge >= 0.3 is 0 Å². The van der Waals surface area contributed by atoms with E-state index in [0.29, 0.717) is 5.16 Å². The molecule has 0 unspecified atom stereocenters. The minimum atomic E-state index is 0.646. The maximum absolute atomic E-state index is 4.60. The van der Waals surface area contributed by atoms with Crippen molar-refractivity contribution >= 4 is 23.1 Å². The predicted octanol–water partition coefficient (Wildman–Crippen LogP) is 3.36. The van der Waals surface area contributed by atoms with Gasteiger partial charge in [0.15, 0.2) is 4.34 Å². The van der Waals surface area contributed by atoms with Gasteiger partial charge in [0.1, 0.15) is 0 Å². The highest BCUT2D eigenvalue weighted by molar-refractivity contribution is 8.00. The van der Waals surface area contributed by atoms with Crippen molar-refractivity contribution in [3.63, 3.8) is 0 Å². The Morgan fingerprint density at radius 1 is 1.25 bits per heavy atom. The van der Waals surface area contributed by atoms with E-state index in [1.165, 1.54) is 11.8 Å². The van der Waals surface area contributed by atoms with Crippen LogP contribution < -0.4 is 0 Å². The molecule has 102 valence electrons. The van der Waals surface area contributed by atoms with Crippen molar-refractivity contribution in [1.82, 2.24) is 25.2 Å². The first-order valence-electron chi connectivity index (χ1n) is 6.32. The van der Waals surface area contributed by atoms with Crippen LogP contribution in [0.2, 0.25) is 0 Å². The standard InChI is InChI=1S/C13H13N5S2/c1-2-8-18-16-12(15-17-18)20-13-14-11(9-19-13)10-6-4-3-5-7-10/h3-7,9H,2,8H2,1H3. The van der Waals surface area contributed by atoms with Gasteiger partial charge < -0.3 is 0 Å². The molecule has 3 aromatic rings. The molecule has 0 aliphatic heterocycles. The molecule has 0 bridgehead atoms. The second-order valence-corrected chi connectivity index (χ2v) is 6.21. The van der Waals surface area contributed by atoms with Crippen LogP contribution in [0.3, 0.4) is 0 Å². The lowest BCUT2D eigenvalue weighted by molar-refractivity contribution is 0.511. The third-order valence-electron chi connectivity index (χ3n) is 2.59. The third kappa shape index (κ3) is 3.05. The topological polar surface area (TPSA) is 56.5 Å². The summed E-state index contributed by atoms with van der Waals surface area (Å²) in [6.45, 7) is 2.88. The lowest BCUT2D eigenvalue weighted by Gasteiger charge is -1.94. The first-order valence-corrected chi connectivity index (χ1v) is 8.01. The van der Waals surface area contributed by atoms with Crippen molar-refractivity contribution in [3.05, 3.63) is 35.7 Å². The number of hydrogen-bond donors (Lipinski definition) is 0. The predicted molar refractivity (Wildman–Crippen MR) is 79.8 cm³/mol. The van der Waals surface area contributed by atoms with Gasteiger partial charge in [-0.3, -0.25) is 0 Å². The maximum atomic E-state index is 4.60. The molecular formula is C13H13N5S2. The molecule has 1 aromatic carbocycles. The molecule has 2 heterocycles. The van der Waals surface area contributed by atoms with Crippen molar-refractivity contribution in [2.24, 2.45) is 0 Å². The number of rotatable bonds is 5. The highest BCUT2D eigenvalue weighted by Crippen LogP contribution is 2.30. The zero-order valence-corrected chi connectivity index (χ0v) is 12.6. The fraction of sp³-hybridized carbons (Fsp3) is 0.231. The van der Waals surface area contributed by atoms with Gasteiger partial charge in [0.2, 0.25) is 5.16 Å². The van der Waals surface area contributed by atoms with Crippen molar-refractivity contribution < 1.29 is 0 Å². The maximum Gasteiger partial charge on any atom is 0.238 e. The molecule has 20 heavy (non-hydrogen) atoms. The highest BCUT2D eigenvalue weighted by atomic mass is 32.2. The van der Waals surface area contributed by atoms with Crippen LogP contribution in [0.4, 0.5) is 0 Å². The van der Waals surface area contributed by atoms with Crippen molar-refractivity contribution in [3.8, 4) is 11.3 Å². The van der Waals surface area contributed by atoms with Gasteiger partial charge in [-0.05, 0) is 23.4 Å². The van der Waals surface area contributed by atoms with Crippen LogP contribution in [0.25, 0.3) is 11.3 Å². The van der Waals surface area contributed by atoms with Crippen LogP contribution in [0.15, 0.2) is 45.2 Å². The average molecular weight is 303 g/mol. The smallest absolute Gasteiger partial charge is 0.229 e. The summed E-state index contributed by atoms with van der Waals surface area (Å²) in [5, 5.41) is 15.0. The molecule has 0 N–H and O–H groups in total. The van der Waals surface area contributed by atoms with Crippen LogP contribution in [0, 0.1) is 0 Å². The molecule has 0 saturated carbocycles. The van der Waals surface area contributed by atoms with Gasteiger partial charge in [-0.25, -0.2) is 4.98 Å². The number of aryl methyl sites for hydroxylation is 1. The second kappa shape index (κ2) is 6.15. The number of hydrogen-bond acceptors (Lipinski definition) is 6. The van der Waals surface area contributed by atoms with Gasteiger partial charge in [-0.1, -0.05) is 37.3 Å². The third-order valence-corrected chi connectivity index (χ3v) is 4.37. The van der Waals surface area contributed by atoms with E-state index in [4.69, 9.17) is 0 Å². The van der Waals surface area contributed by atoms with E-state index in [2.05, 4.69) is 39.5 Å². The summed E-state index contributed by atoms with van der Waals surface area (Å²) >= 11 is 3.05. The molecule has 0 amide bonds. The zero-order chi connectivity index (χ0) is 13.8. The van der Waals surface area contributed by atoms with E-state index >= 15 is 0 Å². The minimum absolute atomic E-state index is 0.646. The molecule has 0 aliphatic rings. The average Bonchev–Trinajstić information content (AvgIpc) is 3.11. The zero-order valence-electron chi connectivity index (χ0n) is 10.9. The Morgan fingerprint density at radius 3 is 2.90 bits per heavy atom. The Morgan fingerprint density at radius 2 is 2.10 bits per heavy atom. The van der Waals surface area contributed by atoms with Gasteiger partial charge in [-0.2, -0.15) is 4.80 Å². The van der Waals surface area contributed by atoms with Crippen molar-refractivity contribution in [1.29, 1.82) is 0 Å². The quantitative estimate of drug-likeness (QED) is 0.723. The van der Waals surface area contributed by atoms with Gasteiger partial charge in [0, 0.05) is 10.9 Å². The Balaban J connectivity index is 1.73. The summed E-state index contributed by atoms with van der Waals surface area (Å²) in [5.74, 6) is 0. The lowest BCUT2D eigenvalue weighted by Crippen LogP contribution is -2.00. The van der Waals surface area contributed by atoms with Crippen molar-refractivity contribution in [2.75, 3.05) is 0 Å². The molecule has 3 rings (SSSR count). The molecule has 0 spiro atoms. The van der Waals surface area contributed by atoms with E-state index in [0.717, 1.165) is 28.6 Å². The minimum Gasteiger partial charge on any atom is -0.229 e. The van der Waals surface area contributed by atoms with E-state index < -0.39 is 0 Å². The summed E-state index contributed by atoms with van der Waals surface area (Å²) < 4.78 is 0.930. The molecule has 0 radical (unpaired) electrons. The SMILES string of the molecule is CCCn1nnc(Sc2nc(-c3ccccc3)cs2)n1. The monoisotopic (exact) mass is 303 g/mol. The number of benzene rings is 1. The van der Waals surface area contributed by atoms with E-state index in [9.17, 15) is 0 Å². The first kappa shape index (κ1) is 13.3. The van der Waals surface area contributed by atoms with E-state index in [1.54, 1.807) is 16.1 Å². The number of tetrazole rings is 1. The van der Waals surface area contributed by atoms with Crippen LogP contribution >= 0.6 is 23.1 Å². The Labute approximate surface area is 125 Å². The molecule has 5 nitrogen and oxygen atoms in total. The Bertz CT molecular complexity index is 677. The molecule has 0 fully saturated rings. The van der Waals surface area contributed by atoms with E-state index in [1.807, 2.05) is 23.6 Å². The number of nitrogens with zero attached hydrogens (tertiary/aromatic N) is 5. The fourth-order valence-electron chi connectivity index (χ4n) is 1.69. The normalized spacial score (nSPS) is 10.8. The largest absolute Gasteiger partial charge is 0.238 e. The Hall–Kier alpha value is -1.73. The molecule has 7 heteroatoms. The summed E-state index contributed by atoms with van der Waals surface area (Å²) in [7, 11) is 0. The summed E-state index contributed by atoms with van der Waals surface area (Å²) in [6.07, 6.45) is 0.996. The fourth-order valence-corrected chi connectivity index (χ4v) is 3.31. The van der Waals surface area contributed by atoms with Crippen LogP contribution in [0.1, 0.15) is 13.3 Å². The summed E-state index contributed by atoms with van der Waals surface area (Å²) in [6, 6.07) is 10.1. The van der Waals surface area contributed by atoms with E-state index in [-0.39, 0.29) is 0 Å². The van der Waals surface area contributed by atoms with Gasteiger partial charge in [0.25, 0.3) is 0 Å². The molecule has 2 aromatic heterocycles. The molecule has 0 aliphatic carbocycles. The Kier molecular flexibility index (Phi) is 4.08. The van der Waals surface area contributed by atoms with Crippen LogP contribution in [0.5, 0.6) is 0 Å². The molecule has 0 atom stereocenters. The molecular weight excluding hydrogens is 290 g/mol.